The van der Waals surface area contributed by atoms with E-state index in [-0.39, 0.29) is 22.9 Å². The van der Waals surface area contributed by atoms with Gasteiger partial charge < -0.3 is 9.88 Å². The number of aromatic nitrogens is 4. The Balaban J connectivity index is 2.01. The van der Waals surface area contributed by atoms with Gasteiger partial charge in [0.05, 0.1) is 11.3 Å². The van der Waals surface area contributed by atoms with Gasteiger partial charge in [-0.3, -0.25) is 15.5 Å². The normalized spacial score (nSPS) is 11.3. The molecule has 2 rings (SSSR count). The van der Waals surface area contributed by atoms with Crippen LogP contribution in [0, 0.1) is 10.1 Å². The van der Waals surface area contributed by atoms with Crippen molar-refractivity contribution in [2.75, 3.05) is 17.3 Å². The summed E-state index contributed by atoms with van der Waals surface area (Å²) in [4.78, 5) is 22.8. The Kier molecular flexibility index (Phi) is 5.64. The number of hydrogen-bond donors (Lipinski definition) is 3. The third-order valence-corrected chi connectivity index (χ3v) is 3.01. The van der Waals surface area contributed by atoms with Crippen LogP contribution in [0.15, 0.2) is 25.0 Å². The van der Waals surface area contributed by atoms with Crippen molar-refractivity contribution in [2.24, 2.45) is 0 Å². The molecule has 2 aromatic rings. The molecule has 0 fully saturated rings. The second kappa shape index (κ2) is 7.68. The molecule has 0 unspecified atom stereocenters. The lowest BCUT2D eigenvalue weighted by Gasteiger charge is -2.21. The summed E-state index contributed by atoms with van der Waals surface area (Å²) < 4.78 is 1.94. The molecule has 10 heteroatoms. The van der Waals surface area contributed by atoms with Crippen LogP contribution in [0.2, 0.25) is 0 Å². The van der Waals surface area contributed by atoms with Crippen LogP contribution in [0.25, 0.3) is 0 Å². The van der Waals surface area contributed by atoms with E-state index in [1.165, 1.54) is 6.33 Å². The molecule has 0 amide bonds. The molecule has 2 heterocycles. The number of anilines is 2. The molecule has 0 spiro atoms. The minimum atomic E-state index is -0.495. The summed E-state index contributed by atoms with van der Waals surface area (Å²) in [6.45, 7) is 7.11. The molecule has 0 bridgehead atoms. The van der Waals surface area contributed by atoms with Crippen LogP contribution in [-0.2, 0) is 6.54 Å². The number of hydrazine groups is 1. The number of aryl methyl sites for hydroxylation is 1. The van der Waals surface area contributed by atoms with E-state index in [1.54, 1.807) is 12.5 Å². The van der Waals surface area contributed by atoms with Crippen LogP contribution in [0.3, 0.4) is 0 Å². The standard InChI is InChI=1S/C14H22N8O2/c1-14(2,3)20-19-13-11(22(23)24)12(17-9-18-13)16-5-4-7-21-8-6-15-10-21/h6,8-10,20H,4-5,7H2,1-3H3,(H2,16,17,18,19). The highest BCUT2D eigenvalue weighted by Crippen LogP contribution is 2.28. The predicted molar refractivity (Wildman–Crippen MR) is 90.5 cm³/mol. The van der Waals surface area contributed by atoms with Crippen molar-refractivity contribution in [3.63, 3.8) is 0 Å². The smallest absolute Gasteiger partial charge is 0.354 e. The number of nitrogens with one attached hydrogen (secondary N) is 3. The quantitative estimate of drug-likeness (QED) is 0.379. The monoisotopic (exact) mass is 334 g/mol. The molecule has 0 aliphatic heterocycles. The fourth-order valence-electron chi connectivity index (χ4n) is 1.91. The van der Waals surface area contributed by atoms with Gasteiger partial charge in [0.15, 0.2) is 0 Å². The van der Waals surface area contributed by atoms with Crippen LogP contribution in [0.5, 0.6) is 0 Å². The number of nitrogens with zero attached hydrogens (tertiary/aromatic N) is 5. The lowest BCUT2D eigenvalue weighted by Crippen LogP contribution is -2.40. The van der Waals surface area contributed by atoms with E-state index in [0.717, 1.165) is 13.0 Å². The molecule has 0 radical (unpaired) electrons. The van der Waals surface area contributed by atoms with Crippen LogP contribution in [0.1, 0.15) is 27.2 Å². The van der Waals surface area contributed by atoms with E-state index in [0.29, 0.717) is 6.54 Å². The van der Waals surface area contributed by atoms with Gasteiger partial charge >= 0.3 is 5.69 Å². The Morgan fingerprint density at radius 1 is 1.29 bits per heavy atom. The fraction of sp³-hybridized carbons (Fsp3) is 0.500. The van der Waals surface area contributed by atoms with E-state index < -0.39 is 4.92 Å². The minimum absolute atomic E-state index is 0.127. The first-order valence-corrected chi connectivity index (χ1v) is 7.59. The van der Waals surface area contributed by atoms with Gasteiger partial charge in [-0.05, 0) is 27.2 Å². The van der Waals surface area contributed by atoms with Gasteiger partial charge in [0, 0.05) is 31.0 Å². The summed E-state index contributed by atoms with van der Waals surface area (Å²) in [5.74, 6) is 0.320. The highest BCUT2D eigenvalue weighted by atomic mass is 16.6. The molecule has 0 saturated carbocycles. The van der Waals surface area contributed by atoms with Crippen LogP contribution < -0.4 is 16.2 Å². The van der Waals surface area contributed by atoms with E-state index in [4.69, 9.17) is 0 Å². The third-order valence-electron chi connectivity index (χ3n) is 3.01. The maximum Gasteiger partial charge on any atom is 0.354 e. The summed E-state index contributed by atoms with van der Waals surface area (Å²) in [6.07, 6.45) is 7.38. The van der Waals surface area contributed by atoms with E-state index in [9.17, 15) is 10.1 Å². The molecule has 0 aliphatic rings. The second-order valence-corrected chi connectivity index (χ2v) is 6.26. The minimum Gasteiger partial charge on any atom is -0.364 e. The first-order valence-electron chi connectivity index (χ1n) is 7.59. The molecular weight excluding hydrogens is 312 g/mol. The SMILES string of the molecule is CC(C)(C)NNc1ncnc(NCCCn2ccnc2)c1[N+](=O)[O-]. The van der Waals surface area contributed by atoms with Crippen molar-refractivity contribution in [1.29, 1.82) is 0 Å². The van der Waals surface area contributed by atoms with Gasteiger partial charge in [0.2, 0.25) is 11.6 Å². The highest BCUT2D eigenvalue weighted by molar-refractivity contribution is 5.68. The van der Waals surface area contributed by atoms with Crippen molar-refractivity contribution >= 4 is 17.3 Å². The number of hydrogen-bond acceptors (Lipinski definition) is 8. The maximum atomic E-state index is 11.4. The zero-order chi connectivity index (χ0) is 17.6. The largest absolute Gasteiger partial charge is 0.364 e. The van der Waals surface area contributed by atoms with Crippen molar-refractivity contribution in [2.45, 2.75) is 39.3 Å². The van der Waals surface area contributed by atoms with Gasteiger partial charge in [0.1, 0.15) is 6.33 Å². The summed E-state index contributed by atoms with van der Waals surface area (Å²) in [6, 6.07) is 0. The van der Waals surface area contributed by atoms with Crippen LogP contribution >= 0.6 is 0 Å². The number of nitro groups is 1. The Hall–Kier alpha value is -2.75. The first-order chi connectivity index (χ1) is 11.4. The van der Waals surface area contributed by atoms with Gasteiger partial charge in [0.25, 0.3) is 0 Å². The van der Waals surface area contributed by atoms with Crippen molar-refractivity contribution in [3.8, 4) is 0 Å². The Morgan fingerprint density at radius 3 is 2.67 bits per heavy atom. The van der Waals surface area contributed by atoms with Crippen molar-refractivity contribution in [3.05, 3.63) is 35.2 Å². The lowest BCUT2D eigenvalue weighted by molar-refractivity contribution is -0.383. The molecule has 0 aliphatic carbocycles. The molecule has 0 saturated heterocycles. The Morgan fingerprint density at radius 2 is 2.04 bits per heavy atom. The summed E-state index contributed by atoms with van der Waals surface area (Å²) in [5.41, 5.74) is 5.31. The average Bonchev–Trinajstić information content (AvgIpc) is 3.02. The van der Waals surface area contributed by atoms with E-state index >= 15 is 0 Å². The Labute approximate surface area is 139 Å². The maximum absolute atomic E-state index is 11.4. The molecule has 0 aromatic carbocycles. The third kappa shape index (κ3) is 5.16. The molecule has 3 N–H and O–H groups in total. The molecule has 2 aromatic heterocycles. The zero-order valence-corrected chi connectivity index (χ0v) is 14.0. The fourth-order valence-corrected chi connectivity index (χ4v) is 1.91. The average molecular weight is 334 g/mol. The highest BCUT2D eigenvalue weighted by Gasteiger charge is 2.23. The zero-order valence-electron chi connectivity index (χ0n) is 14.0. The molecule has 0 atom stereocenters. The van der Waals surface area contributed by atoms with Crippen molar-refractivity contribution in [1.82, 2.24) is 24.9 Å². The molecule has 10 nitrogen and oxygen atoms in total. The summed E-state index contributed by atoms with van der Waals surface area (Å²) in [7, 11) is 0. The van der Waals surface area contributed by atoms with Gasteiger partial charge in [-0.15, -0.1) is 0 Å². The Bertz CT molecular complexity index is 666. The van der Waals surface area contributed by atoms with E-state index in [2.05, 4.69) is 31.1 Å². The van der Waals surface area contributed by atoms with E-state index in [1.807, 2.05) is 31.5 Å². The summed E-state index contributed by atoms with van der Waals surface area (Å²) >= 11 is 0. The molecule has 130 valence electrons. The first kappa shape index (κ1) is 17.6. The van der Waals surface area contributed by atoms with Crippen LogP contribution in [0.4, 0.5) is 17.3 Å². The molecule has 24 heavy (non-hydrogen) atoms. The summed E-state index contributed by atoms with van der Waals surface area (Å²) in [5, 5.41) is 14.4. The van der Waals surface area contributed by atoms with Crippen molar-refractivity contribution < 1.29 is 4.92 Å². The lowest BCUT2D eigenvalue weighted by atomic mass is 10.1. The van der Waals surface area contributed by atoms with Gasteiger partial charge in [-0.2, -0.15) is 0 Å². The van der Waals surface area contributed by atoms with Gasteiger partial charge in [-0.1, -0.05) is 0 Å². The topological polar surface area (TPSA) is 123 Å². The van der Waals surface area contributed by atoms with Gasteiger partial charge in [-0.25, -0.2) is 20.4 Å². The predicted octanol–water partition coefficient (Wildman–Crippen LogP) is 1.80. The number of imidazole rings is 1. The number of rotatable bonds is 8. The second-order valence-electron chi connectivity index (χ2n) is 6.26. The van der Waals surface area contributed by atoms with Crippen LogP contribution in [-0.4, -0.2) is 36.5 Å². The molecular formula is C14H22N8O2.